The molecule has 1 aliphatic heterocycles. The van der Waals surface area contributed by atoms with Gasteiger partial charge in [0.15, 0.2) is 0 Å². The molecule has 0 N–H and O–H groups in total. The van der Waals surface area contributed by atoms with E-state index in [0.717, 1.165) is 23.6 Å². The minimum atomic E-state index is 0. The SMILES string of the molecule is CC(C)(C)c1cc(C2=CC=CC[N-]2)[n-]n1.CP(C)c1ccccc1.CP(C)c1ccccc1.[Ru+2]. The number of rotatable bonds is 3. The van der Waals surface area contributed by atoms with Crippen molar-refractivity contribution in [3.8, 4) is 0 Å². The third-order valence-electron chi connectivity index (χ3n) is 4.87. The van der Waals surface area contributed by atoms with Crippen molar-refractivity contribution >= 4 is 32.1 Å². The molecule has 0 radical (unpaired) electrons. The monoisotopic (exact) mass is 579 g/mol. The van der Waals surface area contributed by atoms with E-state index in [0.29, 0.717) is 0 Å². The molecule has 3 aromatic rings. The van der Waals surface area contributed by atoms with Crippen molar-refractivity contribution in [2.45, 2.75) is 26.2 Å². The summed E-state index contributed by atoms with van der Waals surface area (Å²) in [5, 5.41) is 15.7. The van der Waals surface area contributed by atoms with E-state index in [4.69, 9.17) is 0 Å². The van der Waals surface area contributed by atoms with Crippen LogP contribution in [0.3, 0.4) is 0 Å². The smallest absolute Gasteiger partial charge is 0.682 e. The van der Waals surface area contributed by atoms with E-state index >= 15 is 0 Å². The van der Waals surface area contributed by atoms with Gasteiger partial charge in [0, 0.05) is 11.1 Å². The van der Waals surface area contributed by atoms with Crippen LogP contribution >= 0.6 is 15.8 Å². The maximum absolute atomic E-state index is 4.37. The molecule has 0 fully saturated rings. The zero-order chi connectivity index (χ0) is 24.3. The Morgan fingerprint density at radius 2 is 1.29 bits per heavy atom. The summed E-state index contributed by atoms with van der Waals surface area (Å²) < 4.78 is 0. The summed E-state index contributed by atoms with van der Waals surface area (Å²) in [5.41, 5.74) is 2.88. The molecule has 6 heteroatoms. The van der Waals surface area contributed by atoms with Crippen molar-refractivity contribution in [3.05, 3.63) is 102 Å². The van der Waals surface area contributed by atoms with Crippen LogP contribution in [0.15, 0.2) is 85.0 Å². The Kier molecular flexibility index (Phi) is 13.8. The van der Waals surface area contributed by atoms with Crippen LogP contribution in [0, 0.1) is 0 Å². The summed E-state index contributed by atoms with van der Waals surface area (Å²) in [6.07, 6.45) is 6.00. The van der Waals surface area contributed by atoms with E-state index in [1.54, 1.807) is 0 Å². The minimum Gasteiger partial charge on any atom is -0.682 e. The second kappa shape index (κ2) is 15.4. The van der Waals surface area contributed by atoms with Gasteiger partial charge in [0.05, 0.1) is 0 Å². The number of allylic oxidation sites excluding steroid dienone is 2. The van der Waals surface area contributed by atoms with Crippen molar-refractivity contribution in [1.82, 2.24) is 10.2 Å². The quantitative estimate of drug-likeness (QED) is 0.256. The fourth-order valence-corrected chi connectivity index (χ4v) is 4.37. The van der Waals surface area contributed by atoms with Gasteiger partial charge in [-0.3, -0.25) is 0 Å². The third-order valence-corrected chi connectivity index (χ3v) is 7.53. The van der Waals surface area contributed by atoms with E-state index in [-0.39, 0.29) is 40.7 Å². The van der Waals surface area contributed by atoms with Crippen LogP contribution in [0.5, 0.6) is 0 Å². The van der Waals surface area contributed by atoms with Gasteiger partial charge in [0.25, 0.3) is 0 Å². The Morgan fingerprint density at radius 3 is 1.62 bits per heavy atom. The Balaban J connectivity index is 0.000000266. The predicted octanol–water partition coefficient (Wildman–Crippen LogP) is 6.73. The Bertz CT molecular complexity index is 961. The Morgan fingerprint density at radius 1 is 0.794 bits per heavy atom. The molecule has 4 rings (SSSR count). The van der Waals surface area contributed by atoms with E-state index in [1.807, 2.05) is 24.3 Å². The second-order valence-corrected chi connectivity index (χ2v) is 13.8. The van der Waals surface area contributed by atoms with E-state index in [1.165, 1.54) is 10.6 Å². The van der Waals surface area contributed by atoms with Gasteiger partial charge in [-0.2, -0.15) is 5.70 Å². The summed E-state index contributed by atoms with van der Waals surface area (Å²) in [6, 6.07) is 23.3. The molecule has 182 valence electrons. The van der Waals surface area contributed by atoms with Gasteiger partial charge in [-0.25, -0.2) is 0 Å². The topological polar surface area (TPSA) is 41.1 Å². The summed E-state index contributed by atoms with van der Waals surface area (Å²) in [5.74, 6) is 0. The fraction of sp³-hybridized carbons (Fsp3) is 0.321. The predicted molar refractivity (Wildman–Crippen MR) is 151 cm³/mol. The molecule has 0 atom stereocenters. The molecule has 2 aromatic carbocycles. The minimum absolute atomic E-state index is 0. The molecule has 3 nitrogen and oxygen atoms in total. The molecule has 0 unspecified atom stereocenters. The molecule has 1 aliphatic rings. The average molecular weight is 579 g/mol. The first-order valence-corrected chi connectivity index (χ1v) is 15.7. The number of nitrogens with zero attached hydrogens (tertiary/aromatic N) is 3. The molecule has 1 aromatic heterocycles. The van der Waals surface area contributed by atoms with Gasteiger partial charge >= 0.3 is 19.5 Å². The van der Waals surface area contributed by atoms with Gasteiger partial charge in [0.2, 0.25) is 0 Å². The summed E-state index contributed by atoms with van der Waals surface area (Å²) in [7, 11) is 0.209. The summed E-state index contributed by atoms with van der Waals surface area (Å²) >= 11 is 0. The van der Waals surface area contributed by atoms with E-state index in [9.17, 15) is 0 Å². The first kappa shape index (κ1) is 30.4. The third kappa shape index (κ3) is 10.8. The molecular weight excluding hydrogens is 541 g/mol. The number of hydrogen-bond donors (Lipinski definition) is 0. The Labute approximate surface area is 222 Å². The first-order chi connectivity index (χ1) is 15.7. The number of hydrogen-bond acceptors (Lipinski definition) is 1. The Hall–Kier alpha value is -1.59. The summed E-state index contributed by atoms with van der Waals surface area (Å²) in [4.78, 5) is 0. The van der Waals surface area contributed by atoms with Crippen LogP contribution in [0.4, 0.5) is 0 Å². The van der Waals surface area contributed by atoms with Crippen molar-refractivity contribution < 1.29 is 19.5 Å². The van der Waals surface area contributed by atoms with Gasteiger partial charge in [0.1, 0.15) is 0 Å². The number of aromatic nitrogens is 2. The molecule has 0 aliphatic carbocycles. The standard InChI is InChI=1S/C12H15N3.2C8H11P.Ru/c1-12(2,3)11-8-10(14-15-11)9-6-4-5-7-13-9;2*1-9(2)8-6-4-3-5-7-8;/h4-6,8H,7H2,1-3H3;2*3-7H,1-2H3;/q-2;;;+2. The molecule has 0 saturated heterocycles. The normalized spacial score (nSPS) is 12.4. The van der Waals surface area contributed by atoms with Crippen LogP contribution < -0.4 is 15.7 Å². The van der Waals surface area contributed by atoms with Crippen LogP contribution in [0.25, 0.3) is 11.0 Å². The largest absolute Gasteiger partial charge is 2.00 e. The maximum atomic E-state index is 4.37. The van der Waals surface area contributed by atoms with E-state index in [2.05, 4.69) is 124 Å². The second-order valence-electron chi connectivity index (χ2n) is 9.15. The van der Waals surface area contributed by atoms with Crippen LogP contribution in [0.1, 0.15) is 32.2 Å². The fourth-order valence-electron chi connectivity index (χ4n) is 2.83. The van der Waals surface area contributed by atoms with E-state index < -0.39 is 0 Å². The molecule has 0 amide bonds. The molecule has 2 heterocycles. The zero-order valence-corrected chi connectivity index (χ0v) is 24.9. The van der Waals surface area contributed by atoms with Gasteiger partial charge < -0.3 is 15.5 Å². The van der Waals surface area contributed by atoms with Gasteiger partial charge in [-0.1, -0.05) is 115 Å². The van der Waals surface area contributed by atoms with Gasteiger partial charge in [-0.05, 0) is 37.3 Å². The molecule has 34 heavy (non-hydrogen) atoms. The maximum Gasteiger partial charge on any atom is 2.00 e. The van der Waals surface area contributed by atoms with Crippen LogP contribution in [0.2, 0.25) is 0 Å². The van der Waals surface area contributed by atoms with Crippen molar-refractivity contribution in [2.24, 2.45) is 0 Å². The zero-order valence-electron chi connectivity index (χ0n) is 21.4. The van der Waals surface area contributed by atoms with Crippen molar-refractivity contribution in [2.75, 3.05) is 33.2 Å². The van der Waals surface area contributed by atoms with Crippen LogP contribution in [-0.2, 0) is 24.9 Å². The van der Waals surface area contributed by atoms with Crippen molar-refractivity contribution in [1.29, 1.82) is 0 Å². The van der Waals surface area contributed by atoms with Crippen molar-refractivity contribution in [3.63, 3.8) is 0 Å². The number of benzene rings is 2. The van der Waals surface area contributed by atoms with Gasteiger partial charge in [-0.15, -0.1) is 18.3 Å². The summed E-state index contributed by atoms with van der Waals surface area (Å²) in [6.45, 7) is 16.2. The van der Waals surface area contributed by atoms with Crippen LogP contribution in [-0.4, -0.2) is 38.3 Å². The molecule has 0 spiro atoms. The molecule has 0 bridgehead atoms. The first-order valence-electron chi connectivity index (χ1n) is 11.2. The molecule has 0 saturated carbocycles. The average Bonchev–Trinajstić information content (AvgIpc) is 3.33. The molecular formula is C28H37N3P2Ru.